The summed E-state index contributed by atoms with van der Waals surface area (Å²) in [7, 11) is 0. The summed E-state index contributed by atoms with van der Waals surface area (Å²) in [5.74, 6) is 0.00407. The lowest BCUT2D eigenvalue weighted by molar-refractivity contribution is -0.129. The van der Waals surface area contributed by atoms with E-state index in [1.165, 1.54) is 0 Å². The van der Waals surface area contributed by atoms with E-state index in [1.54, 1.807) is 18.7 Å². The van der Waals surface area contributed by atoms with Gasteiger partial charge in [-0.2, -0.15) is 5.26 Å². The van der Waals surface area contributed by atoms with Crippen molar-refractivity contribution in [1.29, 1.82) is 5.26 Å². The molecule has 1 N–H and O–H groups in total. The van der Waals surface area contributed by atoms with Crippen molar-refractivity contribution in [1.82, 2.24) is 4.90 Å². The molecule has 1 atom stereocenters. The van der Waals surface area contributed by atoms with Crippen LogP contribution in [0, 0.1) is 17.2 Å². The molecule has 0 aromatic heterocycles. The second-order valence-corrected chi connectivity index (χ2v) is 4.31. The van der Waals surface area contributed by atoms with Crippen LogP contribution in [0.1, 0.15) is 26.7 Å². The first-order valence-electron chi connectivity index (χ1n) is 4.82. The summed E-state index contributed by atoms with van der Waals surface area (Å²) in [5, 5.41) is 18.1. The average Bonchev–Trinajstić information content (AvgIpc) is 2.51. The van der Waals surface area contributed by atoms with E-state index in [9.17, 15) is 9.90 Å². The second kappa shape index (κ2) is 3.97. The number of rotatable bonds is 2. The minimum absolute atomic E-state index is 0.0570. The zero-order valence-corrected chi connectivity index (χ0v) is 8.66. The van der Waals surface area contributed by atoms with E-state index in [2.05, 4.69) is 0 Å². The number of hydrogen-bond acceptors (Lipinski definition) is 3. The van der Waals surface area contributed by atoms with Crippen molar-refractivity contribution in [2.45, 2.75) is 32.3 Å². The van der Waals surface area contributed by atoms with Crippen molar-refractivity contribution in [3.63, 3.8) is 0 Å². The molecule has 1 heterocycles. The molecule has 0 aromatic rings. The third-order valence-corrected chi connectivity index (χ3v) is 2.77. The number of aliphatic hydroxyl groups is 1. The Labute approximate surface area is 84.1 Å². The SMILES string of the molecule is CC(C)(O)C1CCN(C(=O)CC#N)C1. The minimum atomic E-state index is -0.734. The highest BCUT2D eigenvalue weighted by Crippen LogP contribution is 2.27. The van der Waals surface area contributed by atoms with E-state index in [0.29, 0.717) is 13.1 Å². The molecule has 1 amide bonds. The predicted molar refractivity (Wildman–Crippen MR) is 51.2 cm³/mol. The molecule has 0 radical (unpaired) electrons. The molecule has 0 bridgehead atoms. The maximum absolute atomic E-state index is 11.3. The molecule has 14 heavy (non-hydrogen) atoms. The number of nitrogens with zero attached hydrogens (tertiary/aromatic N) is 2. The molecule has 1 rings (SSSR count). The minimum Gasteiger partial charge on any atom is -0.390 e. The summed E-state index contributed by atoms with van der Waals surface area (Å²) in [5.41, 5.74) is -0.734. The lowest BCUT2D eigenvalue weighted by Gasteiger charge is -2.25. The largest absolute Gasteiger partial charge is 0.390 e. The molecule has 1 aliphatic heterocycles. The fraction of sp³-hybridized carbons (Fsp3) is 0.800. The van der Waals surface area contributed by atoms with Crippen LogP contribution in [0.4, 0.5) is 0 Å². The average molecular weight is 196 g/mol. The highest BCUT2D eigenvalue weighted by Gasteiger charge is 2.34. The van der Waals surface area contributed by atoms with Crippen LogP contribution in [0.5, 0.6) is 0 Å². The van der Waals surface area contributed by atoms with Crippen LogP contribution in [0.2, 0.25) is 0 Å². The Kier molecular flexibility index (Phi) is 3.12. The molecule has 4 heteroatoms. The number of hydrogen-bond donors (Lipinski definition) is 1. The lowest BCUT2D eigenvalue weighted by Crippen LogP contribution is -2.35. The molecule has 78 valence electrons. The van der Waals surface area contributed by atoms with Crippen LogP contribution in [0.25, 0.3) is 0 Å². The Morgan fingerprint density at radius 2 is 2.36 bits per heavy atom. The first kappa shape index (κ1) is 11.0. The Bertz CT molecular complexity index is 262. The van der Waals surface area contributed by atoms with E-state index in [-0.39, 0.29) is 18.2 Å². The number of carbonyl (C=O) groups excluding carboxylic acids is 1. The molecule has 1 fully saturated rings. The van der Waals surface area contributed by atoms with Crippen LogP contribution < -0.4 is 0 Å². The number of likely N-dealkylation sites (tertiary alicyclic amines) is 1. The molecule has 0 aliphatic carbocycles. The molecule has 0 aromatic carbocycles. The number of amides is 1. The van der Waals surface area contributed by atoms with Crippen molar-refractivity contribution in [3.8, 4) is 6.07 Å². The maximum Gasteiger partial charge on any atom is 0.236 e. The van der Waals surface area contributed by atoms with Gasteiger partial charge < -0.3 is 10.0 Å². The standard InChI is InChI=1S/C10H16N2O2/c1-10(2,14)8-4-6-12(7-8)9(13)3-5-11/h8,14H,3-4,6-7H2,1-2H3. The van der Waals surface area contributed by atoms with Crippen molar-refractivity contribution < 1.29 is 9.90 Å². The highest BCUT2D eigenvalue weighted by molar-refractivity contribution is 5.78. The van der Waals surface area contributed by atoms with Crippen molar-refractivity contribution in [2.75, 3.05) is 13.1 Å². The smallest absolute Gasteiger partial charge is 0.236 e. The zero-order valence-electron chi connectivity index (χ0n) is 8.66. The Morgan fingerprint density at radius 1 is 1.71 bits per heavy atom. The van der Waals surface area contributed by atoms with Gasteiger partial charge in [-0.15, -0.1) is 0 Å². The van der Waals surface area contributed by atoms with Gasteiger partial charge in [0.2, 0.25) is 5.91 Å². The van der Waals surface area contributed by atoms with Gasteiger partial charge in [0.1, 0.15) is 6.42 Å². The van der Waals surface area contributed by atoms with E-state index in [4.69, 9.17) is 5.26 Å². The first-order chi connectivity index (χ1) is 6.45. The van der Waals surface area contributed by atoms with Gasteiger partial charge in [-0.25, -0.2) is 0 Å². The normalized spacial score (nSPS) is 22.1. The molecule has 1 saturated heterocycles. The van der Waals surface area contributed by atoms with E-state index in [0.717, 1.165) is 6.42 Å². The summed E-state index contributed by atoms with van der Waals surface area (Å²) < 4.78 is 0. The molecule has 1 unspecified atom stereocenters. The Morgan fingerprint density at radius 3 is 2.79 bits per heavy atom. The van der Waals surface area contributed by atoms with Crippen molar-refractivity contribution >= 4 is 5.91 Å². The van der Waals surface area contributed by atoms with Crippen LogP contribution in [-0.4, -0.2) is 34.6 Å². The van der Waals surface area contributed by atoms with E-state index < -0.39 is 5.60 Å². The third-order valence-electron chi connectivity index (χ3n) is 2.77. The Balaban J connectivity index is 2.50. The summed E-state index contributed by atoms with van der Waals surface area (Å²) in [4.78, 5) is 13.0. The van der Waals surface area contributed by atoms with Gasteiger partial charge >= 0.3 is 0 Å². The Hall–Kier alpha value is -1.08. The molecule has 0 saturated carbocycles. The van der Waals surface area contributed by atoms with E-state index in [1.807, 2.05) is 6.07 Å². The molecular weight excluding hydrogens is 180 g/mol. The summed E-state index contributed by atoms with van der Waals surface area (Å²) in [6.07, 6.45) is 0.763. The number of carbonyl (C=O) groups is 1. The van der Waals surface area contributed by atoms with Crippen LogP contribution in [0.15, 0.2) is 0 Å². The monoisotopic (exact) mass is 196 g/mol. The lowest BCUT2D eigenvalue weighted by atomic mass is 9.90. The third kappa shape index (κ3) is 2.46. The predicted octanol–water partition coefficient (Wildman–Crippen LogP) is 0.519. The van der Waals surface area contributed by atoms with Gasteiger partial charge in [-0.3, -0.25) is 4.79 Å². The molecule has 0 spiro atoms. The number of nitriles is 1. The highest BCUT2D eigenvalue weighted by atomic mass is 16.3. The van der Waals surface area contributed by atoms with Crippen molar-refractivity contribution in [2.24, 2.45) is 5.92 Å². The fourth-order valence-electron chi connectivity index (χ4n) is 1.74. The van der Waals surface area contributed by atoms with Gasteiger partial charge in [-0.1, -0.05) is 0 Å². The summed E-state index contributed by atoms with van der Waals surface area (Å²) >= 11 is 0. The summed E-state index contributed by atoms with van der Waals surface area (Å²) in [6.45, 7) is 4.76. The van der Waals surface area contributed by atoms with Crippen LogP contribution in [-0.2, 0) is 4.79 Å². The van der Waals surface area contributed by atoms with E-state index >= 15 is 0 Å². The summed E-state index contributed by atoms with van der Waals surface area (Å²) in [6, 6.07) is 1.84. The van der Waals surface area contributed by atoms with Gasteiger partial charge in [0.05, 0.1) is 11.7 Å². The molecular formula is C10H16N2O2. The fourth-order valence-corrected chi connectivity index (χ4v) is 1.74. The maximum atomic E-state index is 11.3. The molecule has 4 nitrogen and oxygen atoms in total. The van der Waals surface area contributed by atoms with Crippen LogP contribution >= 0.6 is 0 Å². The van der Waals surface area contributed by atoms with Gasteiger partial charge in [0.25, 0.3) is 0 Å². The molecule has 1 aliphatic rings. The second-order valence-electron chi connectivity index (χ2n) is 4.31. The topological polar surface area (TPSA) is 64.3 Å². The van der Waals surface area contributed by atoms with Gasteiger partial charge in [-0.05, 0) is 20.3 Å². The van der Waals surface area contributed by atoms with Gasteiger partial charge in [0.15, 0.2) is 0 Å². The first-order valence-corrected chi connectivity index (χ1v) is 4.82. The van der Waals surface area contributed by atoms with Gasteiger partial charge in [0, 0.05) is 19.0 Å². The van der Waals surface area contributed by atoms with Crippen molar-refractivity contribution in [3.05, 3.63) is 0 Å². The van der Waals surface area contributed by atoms with Crippen LogP contribution in [0.3, 0.4) is 0 Å². The zero-order chi connectivity index (χ0) is 10.8. The quantitative estimate of drug-likeness (QED) is 0.700.